The predicted molar refractivity (Wildman–Crippen MR) is 126 cm³/mol. The van der Waals surface area contributed by atoms with Gasteiger partial charge in [-0.05, 0) is 80.7 Å². The van der Waals surface area contributed by atoms with Crippen molar-refractivity contribution in [1.29, 1.82) is 0 Å². The van der Waals surface area contributed by atoms with E-state index in [9.17, 15) is 9.59 Å². The first kappa shape index (κ1) is 23.3. The van der Waals surface area contributed by atoms with Crippen molar-refractivity contribution in [2.24, 2.45) is 0 Å². The average Bonchev–Trinajstić information content (AvgIpc) is 3.09. The Bertz CT molecular complexity index is 932. The zero-order valence-electron chi connectivity index (χ0n) is 19.0. The normalized spacial score (nSPS) is 13.1. The van der Waals surface area contributed by atoms with Crippen molar-refractivity contribution in [3.05, 3.63) is 45.3 Å². The second kappa shape index (κ2) is 10.8. The van der Waals surface area contributed by atoms with Gasteiger partial charge < -0.3 is 14.8 Å². The highest BCUT2D eigenvalue weighted by Gasteiger charge is 2.27. The van der Waals surface area contributed by atoms with Gasteiger partial charge in [0.1, 0.15) is 10.8 Å². The van der Waals surface area contributed by atoms with E-state index in [1.165, 1.54) is 27.3 Å². The maximum absolute atomic E-state index is 12.5. The molecule has 5 nitrogen and oxygen atoms in total. The third kappa shape index (κ3) is 5.88. The molecule has 1 aromatic carbocycles. The smallest absolute Gasteiger partial charge is 0.341 e. The summed E-state index contributed by atoms with van der Waals surface area (Å²) in [5.41, 5.74) is 4.17. The molecule has 0 saturated carbocycles. The molecular formula is C25H33NO4S. The molecule has 1 aromatic heterocycles. The van der Waals surface area contributed by atoms with Crippen molar-refractivity contribution in [3.63, 3.8) is 0 Å². The van der Waals surface area contributed by atoms with Crippen LogP contribution in [0.1, 0.15) is 84.3 Å². The van der Waals surface area contributed by atoms with E-state index in [1.54, 1.807) is 6.92 Å². The highest BCUT2D eigenvalue weighted by atomic mass is 32.1. The fraction of sp³-hybridized carbons (Fsp3) is 0.520. The minimum atomic E-state index is -0.333. The summed E-state index contributed by atoms with van der Waals surface area (Å²) in [6, 6.07) is 6.15. The standard InChI is InChI=1S/C25H33NO4S/c1-5-29-25(28)23-20-9-6-7-10-21(20)31-24(23)26-22(27)11-8-14-30-18-12-13-19(16(2)3)17(4)15-18/h12-13,15-16H,5-11,14H2,1-4H3,(H,26,27). The monoisotopic (exact) mass is 443 g/mol. The van der Waals surface area contributed by atoms with Crippen molar-refractivity contribution < 1.29 is 19.1 Å². The second-order valence-corrected chi connectivity index (χ2v) is 9.41. The minimum Gasteiger partial charge on any atom is -0.494 e. The van der Waals surface area contributed by atoms with Gasteiger partial charge in [0.15, 0.2) is 0 Å². The van der Waals surface area contributed by atoms with Gasteiger partial charge in [0.2, 0.25) is 5.91 Å². The Labute approximate surface area is 189 Å². The van der Waals surface area contributed by atoms with Crippen LogP contribution < -0.4 is 10.1 Å². The SMILES string of the molecule is CCOC(=O)c1c(NC(=O)CCCOc2ccc(C(C)C)c(C)c2)sc2c1CCCC2. The molecule has 0 unspecified atom stereocenters. The number of benzene rings is 1. The predicted octanol–water partition coefficient (Wildman–Crippen LogP) is 6.03. The van der Waals surface area contributed by atoms with Crippen LogP contribution in [0, 0.1) is 6.92 Å². The van der Waals surface area contributed by atoms with Gasteiger partial charge in [-0.15, -0.1) is 11.3 Å². The largest absolute Gasteiger partial charge is 0.494 e. The van der Waals surface area contributed by atoms with Gasteiger partial charge in [0.05, 0.1) is 18.8 Å². The van der Waals surface area contributed by atoms with Gasteiger partial charge in [-0.25, -0.2) is 4.79 Å². The molecule has 1 N–H and O–H groups in total. The zero-order chi connectivity index (χ0) is 22.4. The molecule has 0 fully saturated rings. The molecule has 6 heteroatoms. The average molecular weight is 444 g/mol. The molecule has 0 aliphatic heterocycles. The molecule has 1 aliphatic carbocycles. The number of carbonyl (C=O) groups is 2. The Morgan fingerprint density at radius 1 is 1.19 bits per heavy atom. The number of esters is 1. The van der Waals surface area contributed by atoms with Gasteiger partial charge in [0, 0.05) is 11.3 Å². The summed E-state index contributed by atoms with van der Waals surface area (Å²) >= 11 is 1.52. The molecule has 0 radical (unpaired) electrons. The first-order valence-corrected chi connectivity index (χ1v) is 12.1. The highest BCUT2D eigenvalue weighted by Crippen LogP contribution is 2.38. The number of fused-ring (bicyclic) bond motifs is 1. The Morgan fingerprint density at radius 3 is 2.68 bits per heavy atom. The molecule has 0 atom stereocenters. The van der Waals surface area contributed by atoms with Crippen LogP contribution in [0.5, 0.6) is 5.75 Å². The van der Waals surface area contributed by atoms with Crippen molar-refractivity contribution in [2.75, 3.05) is 18.5 Å². The van der Waals surface area contributed by atoms with E-state index in [2.05, 4.69) is 38.2 Å². The van der Waals surface area contributed by atoms with Crippen LogP contribution in [0.15, 0.2) is 18.2 Å². The second-order valence-electron chi connectivity index (χ2n) is 8.31. The summed E-state index contributed by atoms with van der Waals surface area (Å²) in [5, 5.41) is 3.59. The lowest BCUT2D eigenvalue weighted by molar-refractivity contribution is -0.116. The number of ether oxygens (including phenoxy) is 2. The molecular weight excluding hydrogens is 410 g/mol. The fourth-order valence-electron chi connectivity index (χ4n) is 4.07. The van der Waals surface area contributed by atoms with Gasteiger partial charge >= 0.3 is 5.97 Å². The Balaban J connectivity index is 1.55. The third-order valence-corrected chi connectivity index (χ3v) is 6.79. The van der Waals surface area contributed by atoms with Crippen LogP contribution in [-0.4, -0.2) is 25.1 Å². The van der Waals surface area contributed by atoms with Crippen LogP contribution in [-0.2, 0) is 22.4 Å². The van der Waals surface area contributed by atoms with E-state index >= 15 is 0 Å². The van der Waals surface area contributed by atoms with Crippen molar-refractivity contribution >= 4 is 28.2 Å². The molecule has 0 saturated heterocycles. The lowest BCUT2D eigenvalue weighted by atomic mass is 9.95. The van der Waals surface area contributed by atoms with Crippen molar-refractivity contribution in [1.82, 2.24) is 0 Å². The minimum absolute atomic E-state index is 0.0981. The highest BCUT2D eigenvalue weighted by molar-refractivity contribution is 7.17. The summed E-state index contributed by atoms with van der Waals surface area (Å²) < 4.78 is 11.1. The first-order chi connectivity index (χ1) is 14.9. The summed E-state index contributed by atoms with van der Waals surface area (Å²) in [4.78, 5) is 26.2. The number of aryl methyl sites for hydroxylation is 2. The molecule has 168 valence electrons. The zero-order valence-corrected chi connectivity index (χ0v) is 19.8. The molecule has 1 amide bonds. The van der Waals surface area contributed by atoms with E-state index in [-0.39, 0.29) is 11.9 Å². The Morgan fingerprint density at radius 2 is 1.97 bits per heavy atom. The lowest BCUT2D eigenvalue weighted by Gasteiger charge is -2.13. The number of carbonyl (C=O) groups excluding carboxylic acids is 2. The van der Waals surface area contributed by atoms with Gasteiger partial charge in [-0.3, -0.25) is 4.79 Å². The fourth-order valence-corrected chi connectivity index (χ4v) is 5.36. The number of hydrogen-bond acceptors (Lipinski definition) is 5. The number of anilines is 1. The van der Waals surface area contributed by atoms with Crippen LogP contribution in [0.25, 0.3) is 0 Å². The summed E-state index contributed by atoms with van der Waals surface area (Å²) in [6.07, 6.45) is 4.98. The lowest BCUT2D eigenvalue weighted by Crippen LogP contribution is -2.16. The summed E-state index contributed by atoms with van der Waals surface area (Å²) in [5.74, 6) is 0.887. The van der Waals surface area contributed by atoms with Crippen LogP contribution in [0.4, 0.5) is 5.00 Å². The van der Waals surface area contributed by atoms with Crippen LogP contribution in [0.2, 0.25) is 0 Å². The summed E-state index contributed by atoms with van der Waals surface area (Å²) in [6.45, 7) is 9.05. The van der Waals surface area contributed by atoms with Gasteiger partial charge in [0.25, 0.3) is 0 Å². The number of amides is 1. The summed E-state index contributed by atoms with van der Waals surface area (Å²) in [7, 11) is 0. The third-order valence-electron chi connectivity index (χ3n) is 5.58. The molecule has 1 heterocycles. The topological polar surface area (TPSA) is 64.6 Å². The molecule has 2 aromatic rings. The van der Waals surface area contributed by atoms with Gasteiger partial charge in [-0.1, -0.05) is 19.9 Å². The van der Waals surface area contributed by atoms with Crippen molar-refractivity contribution in [3.8, 4) is 5.75 Å². The van der Waals surface area contributed by atoms with Crippen molar-refractivity contribution in [2.45, 2.75) is 72.1 Å². The Hall–Kier alpha value is -2.34. The molecule has 31 heavy (non-hydrogen) atoms. The van der Waals surface area contributed by atoms with E-state index in [0.717, 1.165) is 37.0 Å². The van der Waals surface area contributed by atoms with E-state index in [1.807, 2.05) is 6.07 Å². The van der Waals surface area contributed by atoms with Crippen LogP contribution >= 0.6 is 11.3 Å². The number of hydrogen-bond donors (Lipinski definition) is 1. The van der Waals surface area contributed by atoms with Crippen LogP contribution in [0.3, 0.4) is 0 Å². The molecule has 0 spiro atoms. The molecule has 1 aliphatic rings. The first-order valence-electron chi connectivity index (χ1n) is 11.3. The van der Waals surface area contributed by atoms with E-state index < -0.39 is 0 Å². The number of thiophene rings is 1. The Kier molecular flexibility index (Phi) is 8.13. The molecule has 0 bridgehead atoms. The van der Waals surface area contributed by atoms with E-state index in [4.69, 9.17) is 9.47 Å². The van der Waals surface area contributed by atoms with Gasteiger partial charge in [-0.2, -0.15) is 0 Å². The maximum Gasteiger partial charge on any atom is 0.341 e. The number of nitrogens with one attached hydrogen (secondary N) is 1. The maximum atomic E-state index is 12.5. The molecule has 3 rings (SSSR count). The number of rotatable bonds is 9. The van der Waals surface area contributed by atoms with E-state index in [0.29, 0.717) is 42.5 Å². The quantitative estimate of drug-likeness (QED) is 0.379.